The molecule has 0 aliphatic carbocycles. The van der Waals surface area contributed by atoms with Crippen LogP contribution in [0.3, 0.4) is 0 Å². The first kappa shape index (κ1) is 15.5. The average molecular weight is 330 g/mol. The monoisotopic (exact) mass is 329 g/mol. The number of phenols is 1. The highest BCUT2D eigenvalue weighted by Crippen LogP contribution is 2.24. The van der Waals surface area contributed by atoms with Gasteiger partial charge >= 0.3 is 5.97 Å². The summed E-state index contributed by atoms with van der Waals surface area (Å²) in [4.78, 5) is 24.5. The van der Waals surface area contributed by atoms with Gasteiger partial charge in [-0.25, -0.2) is 0 Å². The summed E-state index contributed by atoms with van der Waals surface area (Å²) in [5.41, 5.74) is 0.161. The molecule has 5 nitrogen and oxygen atoms in total. The van der Waals surface area contributed by atoms with Crippen molar-refractivity contribution in [2.75, 3.05) is 6.54 Å². The second kappa shape index (κ2) is 6.56. The fourth-order valence-electron chi connectivity index (χ4n) is 1.85. The van der Waals surface area contributed by atoms with Gasteiger partial charge in [0.1, 0.15) is 5.75 Å². The van der Waals surface area contributed by atoms with Gasteiger partial charge in [-0.1, -0.05) is 15.9 Å². The minimum Gasteiger partial charge on any atom is -0.507 e. The van der Waals surface area contributed by atoms with Crippen LogP contribution in [-0.2, 0) is 4.79 Å². The SMILES string of the molecule is CCN(C(=O)c1cc(Br)ccc1O)C(C)CC(=O)O. The molecule has 6 heteroatoms. The van der Waals surface area contributed by atoms with Crippen molar-refractivity contribution in [3.05, 3.63) is 28.2 Å². The molecule has 1 aromatic rings. The van der Waals surface area contributed by atoms with Crippen LogP contribution in [0, 0.1) is 0 Å². The van der Waals surface area contributed by atoms with Crippen molar-refractivity contribution in [1.29, 1.82) is 0 Å². The molecule has 0 heterocycles. The Morgan fingerprint density at radius 1 is 1.42 bits per heavy atom. The van der Waals surface area contributed by atoms with Gasteiger partial charge in [0.25, 0.3) is 5.91 Å². The highest BCUT2D eigenvalue weighted by atomic mass is 79.9. The van der Waals surface area contributed by atoms with Gasteiger partial charge in [-0.3, -0.25) is 9.59 Å². The lowest BCUT2D eigenvalue weighted by molar-refractivity contribution is -0.138. The number of phenolic OH excluding ortho intramolecular Hbond substituents is 1. The first-order valence-electron chi connectivity index (χ1n) is 5.88. The van der Waals surface area contributed by atoms with Crippen molar-refractivity contribution in [2.45, 2.75) is 26.3 Å². The van der Waals surface area contributed by atoms with Crippen LogP contribution in [-0.4, -0.2) is 39.6 Å². The summed E-state index contributed by atoms with van der Waals surface area (Å²) in [6.45, 7) is 3.81. The largest absolute Gasteiger partial charge is 0.507 e. The quantitative estimate of drug-likeness (QED) is 0.869. The van der Waals surface area contributed by atoms with Crippen LogP contribution in [0.25, 0.3) is 0 Å². The van der Waals surface area contributed by atoms with Crippen molar-refractivity contribution < 1.29 is 19.8 Å². The molecule has 2 N–H and O–H groups in total. The predicted molar refractivity (Wildman–Crippen MR) is 74.2 cm³/mol. The van der Waals surface area contributed by atoms with Gasteiger partial charge in [0.15, 0.2) is 0 Å². The summed E-state index contributed by atoms with van der Waals surface area (Å²) in [5.74, 6) is -1.46. The molecule has 0 aliphatic heterocycles. The standard InChI is InChI=1S/C13H16BrNO4/c1-3-15(8(2)6-12(17)18)13(19)10-7-9(14)4-5-11(10)16/h4-5,7-8,16H,3,6H2,1-2H3,(H,17,18). The van der Waals surface area contributed by atoms with E-state index >= 15 is 0 Å². The summed E-state index contributed by atoms with van der Waals surface area (Å²) in [6.07, 6.45) is -0.131. The molecular weight excluding hydrogens is 314 g/mol. The fourth-order valence-corrected chi connectivity index (χ4v) is 2.21. The molecule has 0 bridgehead atoms. The Morgan fingerprint density at radius 3 is 2.58 bits per heavy atom. The number of carbonyl (C=O) groups is 2. The van der Waals surface area contributed by atoms with Gasteiger partial charge < -0.3 is 15.1 Å². The van der Waals surface area contributed by atoms with E-state index in [4.69, 9.17) is 5.11 Å². The summed E-state index contributed by atoms with van der Waals surface area (Å²) >= 11 is 3.24. The highest BCUT2D eigenvalue weighted by molar-refractivity contribution is 9.10. The predicted octanol–water partition coefficient (Wildman–Crippen LogP) is 2.48. The number of nitrogens with zero attached hydrogens (tertiary/aromatic N) is 1. The van der Waals surface area contributed by atoms with Crippen LogP contribution < -0.4 is 0 Å². The van der Waals surface area contributed by atoms with E-state index in [0.717, 1.165) is 0 Å². The Balaban J connectivity index is 3.01. The van der Waals surface area contributed by atoms with Gasteiger partial charge in [-0.05, 0) is 32.0 Å². The van der Waals surface area contributed by atoms with E-state index in [9.17, 15) is 14.7 Å². The smallest absolute Gasteiger partial charge is 0.305 e. The number of hydrogen-bond donors (Lipinski definition) is 2. The molecule has 1 rings (SSSR count). The molecule has 0 aliphatic rings. The zero-order valence-corrected chi connectivity index (χ0v) is 12.3. The Bertz CT molecular complexity index is 490. The molecule has 0 radical (unpaired) electrons. The van der Waals surface area contributed by atoms with Gasteiger partial charge in [0, 0.05) is 17.1 Å². The third-order valence-corrected chi connectivity index (χ3v) is 3.29. The van der Waals surface area contributed by atoms with Gasteiger partial charge in [-0.15, -0.1) is 0 Å². The van der Waals surface area contributed by atoms with Crippen LogP contribution in [0.15, 0.2) is 22.7 Å². The first-order valence-corrected chi connectivity index (χ1v) is 6.67. The second-order valence-corrected chi connectivity index (χ2v) is 5.12. The number of rotatable bonds is 5. The van der Waals surface area contributed by atoms with Gasteiger partial charge in [-0.2, -0.15) is 0 Å². The van der Waals surface area contributed by atoms with Crippen molar-refractivity contribution in [1.82, 2.24) is 4.90 Å². The van der Waals surface area contributed by atoms with E-state index in [1.165, 1.54) is 17.0 Å². The van der Waals surface area contributed by atoms with E-state index in [1.54, 1.807) is 19.9 Å². The van der Waals surface area contributed by atoms with Crippen LogP contribution in [0.1, 0.15) is 30.6 Å². The molecule has 0 fully saturated rings. The Kier molecular flexibility index (Phi) is 5.35. The number of hydrogen-bond acceptors (Lipinski definition) is 3. The zero-order valence-electron chi connectivity index (χ0n) is 10.8. The lowest BCUT2D eigenvalue weighted by atomic mass is 10.1. The molecule has 1 atom stereocenters. The van der Waals surface area contributed by atoms with Crippen LogP contribution in [0.2, 0.25) is 0 Å². The van der Waals surface area contributed by atoms with Gasteiger partial charge in [0.05, 0.1) is 12.0 Å². The number of aromatic hydroxyl groups is 1. The average Bonchev–Trinajstić information content (AvgIpc) is 2.32. The topological polar surface area (TPSA) is 77.8 Å². The van der Waals surface area contributed by atoms with E-state index < -0.39 is 12.0 Å². The summed E-state index contributed by atoms with van der Waals surface area (Å²) in [6, 6.07) is 4.14. The van der Waals surface area contributed by atoms with Crippen LogP contribution >= 0.6 is 15.9 Å². The van der Waals surface area contributed by atoms with Crippen molar-refractivity contribution in [3.8, 4) is 5.75 Å². The van der Waals surface area contributed by atoms with E-state index in [1.807, 2.05) is 0 Å². The number of carboxylic acid groups (broad SMARTS) is 1. The third kappa shape index (κ3) is 3.96. The number of amides is 1. The molecule has 104 valence electrons. The molecule has 19 heavy (non-hydrogen) atoms. The number of aliphatic carboxylic acids is 1. The molecule has 0 spiro atoms. The maximum atomic E-state index is 12.3. The van der Waals surface area contributed by atoms with Crippen molar-refractivity contribution in [3.63, 3.8) is 0 Å². The second-order valence-electron chi connectivity index (χ2n) is 4.20. The van der Waals surface area contributed by atoms with Crippen molar-refractivity contribution in [2.24, 2.45) is 0 Å². The van der Waals surface area contributed by atoms with E-state index in [2.05, 4.69) is 15.9 Å². The van der Waals surface area contributed by atoms with Crippen molar-refractivity contribution >= 4 is 27.8 Å². The molecular formula is C13H16BrNO4. The Labute approximate surface area is 120 Å². The normalized spacial score (nSPS) is 11.9. The molecule has 0 saturated carbocycles. The minimum absolute atomic E-state index is 0.117. The number of carboxylic acids is 1. The highest BCUT2D eigenvalue weighted by Gasteiger charge is 2.24. The molecule has 1 amide bonds. The van der Waals surface area contributed by atoms with Crippen LogP contribution in [0.5, 0.6) is 5.75 Å². The summed E-state index contributed by atoms with van der Waals surface area (Å²) in [7, 11) is 0. The number of carbonyl (C=O) groups excluding carboxylic acids is 1. The zero-order chi connectivity index (χ0) is 14.6. The summed E-state index contributed by atoms with van der Waals surface area (Å²) in [5, 5.41) is 18.5. The van der Waals surface area contributed by atoms with E-state index in [-0.39, 0.29) is 23.6 Å². The molecule has 1 aromatic carbocycles. The molecule has 0 saturated heterocycles. The minimum atomic E-state index is -0.961. The lowest BCUT2D eigenvalue weighted by Crippen LogP contribution is -2.39. The lowest BCUT2D eigenvalue weighted by Gasteiger charge is -2.27. The summed E-state index contributed by atoms with van der Waals surface area (Å²) < 4.78 is 0.676. The Hall–Kier alpha value is -1.56. The third-order valence-electron chi connectivity index (χ3n) is 2.79. The maximum Gasteiger partial charge on any atom is 0.305 e. The Morgan fingerprint density at radius 2 is 2.05 bits per heavy atom. The molecule has 1 unspecified atom stereocenters. The fraction of sp³-hybridized carbons (Fsp3) is 0.385. The number of benzene rings is 1. The van der Waals surface area contributed by atoms with Gasteiger partial charge in [0.2, 0.25) is 0 Å². The molecule has 0 aromatic heterocycles. The number of halogens is 1. The first-order chi connectivity index (χ1) is 8.86. The maximum absolute atomic E-state index is 12.3. The van der Waals surface area contributed by atoms with E-state index in [0.29, 0.717) is 11.0 Å². The van der Waals surface area contributed by atoms with Crippen LogP contribution in [0.4, 0.5) is 0 Å².